The van der Waals surface area contributed by atoms with Crippen LogP contribution >= 0.6 is 0 Å². The minimum absolute atomic E-state index is 0.708. The molecular formula is C15H24N2. The molecule has 1 aliphatic rings. The number of nitrogens with zero attached hydrogens (tertiary/aromatic N) is 1. The summed E-state index contributed by atoms with van der Waals surface area (Å²) in [6.07, 6.45) is 2.44. The molecule has 2 nitrogen and oxygen atoms in total. The minimum Gasteiger partial charge on any atom is -0.314 e. The molecule has 0 aromatic heterocycles. The average Bonchev–Trinajstić information content (AvgIpc) is 2.39. The third-order valence-electron chi connectivity index (χ3n) is 3.73. The highest BCUT2D eigenvalue weighted by Crippen LogP contribution is 2.13. The van der Waals surface area contributed by atoms with Crippen molar-refractivity contribution in [1.29, 1.82) is 0 Å². The van der Waals surface area contributed by atoms with Gasteiger partial charge < -0.3 is 5.32 Å². The zero-order valence-corrected chi connectivity index (χ0v) is 11.1. The van der Waals surface area contributed by atoms with Crippen molar-refractivity contribution in [2.45, 2.75) is 32.7 Å². The second-order valence-electron chi connectivity index (χ2n) is 5.04. The Labute approximate surface area is 105 Å². The summed E-state index contributed by atoms with van der Waals surface area (Å²) in [5.74, 6) is 0. The number of rotatable bonds is 4. The Kier molecular flexibility index (Phi) is 4.57. The Hall–Kier alpha value is -0.860. The van der Waals surface area contributed by atoms with E-state index >= 15 is 0 Å². The maximum atomic E-state index is 3.42. The van der Waals surface area contributed by atoms with Gasteiger partial charge in [0.05, 0.1) is 0 Å². The van der Waals surface area contributed by atoms with Crippen molar-refractivity contribution in [3.05, 3.63) is 35.4 Å². The SMILES string of the molecule is CCC(Cc1ccc(C)cc1)N1CCNCC1. The fraction of sp³-hybridized carbons (Fsp3) is 0.600. The van der Waals surface area contributed by atoms with Crippen LogP contribution in [-0.2, 0) is 6.42 Å². The molecule has 0 amide bonds. The number of piperazine rings is 1. The maximum Gasteiger partial charge on any atom is 0.0134 e. The van der Waals surface area contributed by atoms with Crippen LogP contribution < -0.4 is 5.32 Å². The summed E-state index contributed by atoms with van der Waals surface area (Å²) in [5, 5.41) is 3.42. The van der Waals surface area contributed by atoms with Gasteiger partial charge in [0, 0.05) is 32.2 Å². The lowest BCUT2D eigenvalue weighted by Gasteiger charge is -2.34. The fourth-order valence-electron chi connectivity index (χ4n) is 2.58. The summed E-state index contributed by atoms with van der Waals surface area (Å²) in [7, 11) is 0. The monoisotopic (exact) mass is 232 g/mol. The highest BCUT2D eigenvalue weighted by atomic mass is 15.2. The van der Waals surface area contributed by atoms with E-state index in [0.717, 1.165) is 13.1 Å². The van der Waals surface area contributed by atoms with Crippen LogP contribution in [-0.4, -0.2) is 37.1 Å². The zero-order chi connectivity index (χ0) is 12.1. The van der Waals surface area contributed by atoms with Crippen LogP contribution in [0.25, 0.3) is 0 Å². The molecule has 17 heavy (non-hydrogen) atoms. The first-order chi connectivity index (χ1) is 8.29. The molecule has 1 fully saturated rings. The quantitative estimate of drug-likeness (QED) is 0.856. The van der Waals surface area contributed by atoms with Crippen molar-refractivity contribution in [2.24, 2.45) is 0 Å². The third-order valence-corrected chi connectivity index (χ3v) is 3.73. The van der Waals surface area contributed by atoms with E-state index in [1.54, 1.807) is 0 Å². The molecule has 1 aromatic rings. The second kappa shape index (κ2) is 6.18. The highest BCUT2D eigenvalue weighted by molar-refractivity contribution is 5.22. The number of benzene rings is 1. The summed E-state index contributed by atoms with van der Waals surface area (Å²) in [6.45, 7) is 9.14. The highest BCUT2D eigenvalue weighted by Gasteiger charge is 2.18. The minimum atomic E-state index is 0.708. The van der Waals surface area contributed by atoms with Crippen LogP contribution in [0.15, 0.2) is 24.3 Å². The third kappa shape index (κ3) is 3.55. The van der Waals surface area contributed by atoms with E-state index in [4.69, 9.17) is 0 Å². The van der Waals surface area contributed by atoms with Crippen molar-refractivity contribution in [1.82, 2.24) is 10.2 Å². The van der Waals surface area contributed by atoms with E-state index in [9.17, 15) is 0 Å². The number of nitrogens with one attached hydrogen (secondary N) is 1. The van der Waals surface area contributed by atoms with Crippen LogP contribution in [0.2, 0.25) is 0 Å². The molecule has 0 radical (unpaired) electrons. The molecule has 1 aromatic carbocycles. The lowest BCUT2D eigenvalue weighted by atomic mass is 10.0. The normalized spacial score (nSPS) is 19.2. The Balaban J connectivity index is 1.96. The molecule has 1 saturated heterocycles. The largest absolute Gasteiger partial charge is 0.314 e. The molecule has 1 aliphatic heterocycles. The van der Waals surface area contributed by atoms with Crippen molar-refractivity contribution >= 4 is 0 Å². The fourth-order valence-corrected chi connectivity index (χ4v) is 2.58. The topological polar surface area (TPSA) is 15.3 Å². The standard InChI is InChI=1S/C15H24N2/c1-3-15(17-10-8-16-9-11-17)12-14-6-4-13(2)5-7-14/h4-7,15-16H,3,8-12H2,1-2H3. The summed E-state index contributed by atoms with van der Waals surface area (Å²) < 4.78 is 0. The molecule has 0 aliphatic carbocycles. The van der Waals surface area contributed by atoms with Crippen LogP contribution in [0.4, 0.5) is 0 Å². The zero-order valence-electron chi connectivity index (χ0n) is 11.1. The summed E-state index contributed by atoms with van der Waals surface area (Å²) in [5.41, 5.74) is 2.82. The lowest BCUT2D eigenvalue weighted by Crippen LogP contribution is -2.48. The first-order valence-corrected chi connectivity index (χ1v) is 6.80. The molecule has 0 saturated carbocycles. The average molecular weight is 232 g/mol. The van der Waals surface area contributed by atoms with Crippen molar-refractivity contribution in [2.75, 3.05) is 26.2 Å². The molecule has 2 rings (SSSR count). The molecule has 94 valence electrons. The van der Waals surface area contributed by atoms with Gasteiger partial charge in [-0.05, 0) is 25.3 Å². The van der Waals surface area contributed by atoms with Gasteiger partial charge in [-0.3, -0.25) is 4.90 Å². The van der Waals surface area contributed by atoms with Gasteiger partial charge in [-0.25, -0.2) is 0 Å². The van der Waals surface area contributed by atoms with Crippen molar-refractivity contribution < 1.29 is 0 Å². The molecule has 2 heteroatoms. The van der Waals surface area contributed by atoms with Gasteiger partial charge in [0.25, 0.3) is 0 Å². The molecule has 0 spiro atoms. The van der Waals surface area contributed by atoms with E-state index in [2.05, 4.69) is 48.3 Å². The first-order valence-electron chi connectivity index (χ1n) is 6.80. The van der Waals surface area contributed by atoms with Crippen LogP contribution in [0, 0.1) is 6.92 Å². The van der Waals surface area contributed by atoms with Gasteiger partial charge in [0.2, 0.25) is 0 Å². The van der Waals surface area contributed by atoms with Gasteiger partial charge in [0.1, 0.15) is 0 Å². The molecule has 1 atom stereocenters. The molecule has 1 heterocycles. The summed E-state index contributed by atoms with van der Waals surface area (Å²) in [4.78, 5) is 2.64. The summed E-state index contributed by atoms with van der Waals surface area (Å²) in [6, 6.07) is 9.71. The Morgan fingerprint density at radius 2 is 1.82 bits per heavy atom. The molecule has 1 unspecified atom stereocenters. The Morgan fingerprint density at radius 3 is 2.41 bits per heavy atom. The van der Waals surface area contributed by atoms with Gasteiger partial charge in [0.15, 0.2) is 0 Å². The number of hydrogen-bond acceptors (Lipinski definition) is 2. The van der Waals surface area contributed by atoms with E-state index < -0.39 is 0 Å². The predicted octanol–water partition coefficient (Wildman–Crippen LogP) is 2.22. The van der Waals surface area contributed by atoms with Gasteiger partial charge in [-0.15, -0.1) is 0 Å². The van der Waals surface area contributed by atoms with Gasteiger partial charge in [-0.1, -0.05) is 36.8 Å². The lowest BCUT2D eigenvalue weighted by molar-refractivity contribution is 0.167. The van der Waals surface area contributed by atoms with Gasteiger partial charge in [-0.2, -0.15) is 0 Å². The molecule has 0 bridgehead atoms. The van der Waals surface area contributed by atoms with Crippen LogP contribution in [0.5, 0.6) is 0 Å². The van der Waals surface area contributed by atoms with Crippen LogP contribution in [0.3, 0.4) is 0 Å². The van der Waals surface area contributed by atoms with Crippen molar-refractivity contribution in [3.63, 3.8) is 0 Å². The first kappa shape index (κ1) is 12.6. The van der Waals surface area contributed by atoms with E-state index in [0.29, 0.717) is 6.04 Å². The van der Waals surface area contributed by atoms with E-state index in [1.807, 2.05) is 0 Å². The smallest absolute Gasteiger partial charge is 0.0134 e. The summed E-state index contributed by atoms with van der Waals surface area (Å²) >= 11 is 0. The van der Waals surface area contributed by atoms with Gasteiger partial charge >= 0.3 is 0 Å². The van der Waals surface area contributed by atoms with E-state index in [1.165, 1.54) is 37.1 Å². The van der Waals surface area contributed by atoms with Crippen LogP contribution in [0.1, 0.15) is 24.5 Å². The maximum absolute atomic E-state index is 3.42. The van der Waals surface area contributed by atoms with Crippen molar-refractivity contribution in [3.8, 4) is 0 Å². The number of hydrogen-bond donors (Lipinski definition) is 1. The Morgan fingerprint density at radius 1 is 1.18 bits per heavy atom. The predicted molar refractivity (Wildman–Crippen MR) is 73.4 cm³/mol. The second-order valence-corrected chi connectivity index (χ2v) is 5.04. The molecule has 1 N–H and O–H groups in total. The van der Waals surface area contributed by atoms with E-state index in [-0.39, 0.29) is 0 Å². The molecular weight excluding hydrogens is 208 g/mol. The Bertz CT molecular complexity index is 325. The number of aryl methyl sites for hydroxylation is 1.